The lowest BCUT2D eigenvalue weighted by atomic mass is 10.1. The summed E-state index contributed by atoms with van der Waals surface area (Å²) < 4.78 is 9.82. The number of hydrogen-bond donors (Lipinski definition) is 0. The van der Waals surface area contributed by atoms with Gasteiger partial charge in [0.05, 0.1) is 13.7 Å². The summed E-state index contributed by atoms with van der Waals surface area (Å²) in [5, 5.41) is 0. The number of carbonyl (C=O) groups excluding carboxylic acids is 2. The van der Waals surface area contributed by atoms with Crippen LogP contribution in [0.25, 0.3) is 0 Å². The van der Waals surface area contributed by atoms with Gasteiger partial charge in [-0.05, 0) is 11.6 Å². The van der Waals surface area contributed by atoms with Crippen LogP contribution in [0.5, 0.6) is 0 Å². The summed E-state index contributed by atoms with van der Waals surface area (Å²) in [6, 6.07) is 8.60. The molecule has 5 heteroatoms. The molecule has 0 N–H and O–H groups in total. The van der Waals surface area contributed by atoms with E-state index in [0.717, 1.165) is 5.56 Å². The fraction of sp³-hybridized carbons (Fsp3) is 0.286. The first-order chi connectivity index (χ1) is 9.17. The number of nitrogens with zero attached hydrogens (tertiary/aromatic N) is 1. The van der Waals surface area contributed by atoms with Crippen molar-refractivity contribution < 1.29 is 19.1 Å². The maximum Gasteiger partial charge on any atom is 0.411 e. The van der Waals surface area contributed by atoms with E-state index in [-0.39, 0.29) is 0 Å². The van der Waals surface area contributed by atoms with Crippen molar-refractivity contribution in [2.24, 2.45) is 0 Å². The van der Waals surface area contributed by atoms with Crippen molar-refractivity contribution in [3.8, 4) is 0 Å². The quantitative estimate of drug-likeness (QED) is 0.612. The highest BCUT2D eigenvalue weighted by Gasteiger charge is 2.45. The Labute approximate surface area is 111 Å². The van der Waals surface area contributed by atoms with Crippen molar-refractivity contribution in [3.05, 3.63) is 48.6 Å². The van der Waals surface area contributed by atoms with E-state index in [1.807, 2.05) is 30.3 Å². The number of hydrogen-bond acceptors (Lipinski definition) is 4. The van der Waals surface area contributed by atoms with E-state index in [0.29, 0.717) is 6.54 Å². The maximum atomic E-state index is 11.8. The summed E-state index contributed by atoms with van der Waals surface area (Å²) in [5.74, 6) is -0.508. The summed E-state index contributed by atoms with van der Waals surface area (Å²) in [7, 11) is 1.28. The number of methoxy groups -OCH3 is 1. The number of cyclic esters (lactones) is 1. The number of esters is 1. The van der Waals surface area contributed by atoms with Gasteiger partial charge in [0.1, 0.15) is 0 Å². The second-order valence-corrected chi connectivity index (χ2v) is 4.17. The zero-order valence-corrected chi connectivity index (χ0v) is 10.6. The Morgan fingerprint density at radius 3 is 2.74 bits per heavy atom. The van der Waals surface area contributed by atoms with E-state index in [1.54, 1.807) is 0 Å². The molecule has 0 radical (unpaired) electrons. The van der Waals surface area contributed by atoms with Crippen molar-refractivity contribution in [2.45, 2.75) is 18.7 Å². The van der Waals surface area contributed by atoms with Gasteiger partial charge in [-0.2, -0.15) is 0 Å². The molecule has 2 atom stereocenters. The van der Waals surface area contributed by atoms with Crippen molar-refractivity contribution in [2.75, 3.05) is 7.11 Å². The molecule has 5 nitrogen and oxygen atoms in total. The Balaban J connectivity index is 2.23. The molecule has 0 saturated carbocycles. The van der Waals surface area contributed by atoms with E-state index in [9.17, 15) is 9.59 Å². The lowest BCUT2D eigenvalue weighted by molar-refractivity contribution is -0.146. The summed E-state index contributed by atoms with van der Waals surface area (Å²) in [4.78, 5) is 25.0. The van der Waals surface area contributed by atoms with Crippen molar-refractivity contribution in [3.63, 3.8) is 0 Å². The highest BCUT2D eigenvalue weighted by atomic mass is 16.6. The summed E-state index contributed by atoms with van der Waals surface area (Å²) in [6.45, 7) is 3.87. The van der Waals surface area contributed by atoms with Crippen LogP contribution in [0.2, 0.25) is 0 Å². The van der Waals surface area contributed by atoms with Gasteiger partial charge in [-0.1, -0.05) is 36.9 Å². The molecule has 0 aliphatic carbocycles. The van der Waals surface area contributed by atoms with Crippen LogP contribution in [0.4, 0.5) is 4.79 Å². The van der Waals surface area contributed by atoms with Gasteiger partial charge in [-0.25, -0.2) is 9.59 Å². The van der Waals surface area contributed by atoms with Crippen LogP contribution in [0.3, 0.4) is 0 Å². The number of amides is 1. The molecule has 1 fully saturated rings. The summed E-state index contributed by atoms with van der Waals surface area (Å²) >= 11 is 0. The first-order valence-electron chi connectivity index (χ1n) is 5.89. The molecule has 1 heterocycles. The normalized spacial score (nSPS) is 21.9. The van der Waals surface area contributed by atoms with Crippen molar-refractivity contribution in [1.82, 2.24) is 4.90 Å². The Bertz CT molecular complexity index is 485. The molecule has 1 saturated heterocycles. The molecule has 0 unspecified atom stereocenters. The molecule has 2 rings (SSSR count). The molecule has 0 bridgehead atoms. The van der Waals surface area contributed by atoms with Gasteiger partial charge in [0.15, 0.2) is 12.1 Å². The zero-order valence-electron chi connectivity index (χ0n) is 10.6. The summed E-state index contributed by atoms with van der Waals surface area (Å²) in [5.41, 5.74) is 0.915. The average molecular weight is 261 g/mol. The number of ether oxygens (including phenoxy) is 2. The van der Waals surface area contributed by atoms with Gasteiger partial charge in [0.2, 0.25) is 0 Å². The minimum atomic E-state index is -0.782. The number of benzene rings is 1. The Kier molecular flexibility index (Phi) is 3.85. The van der Waals surface area contributed by atoms with E-state index in [4.69, 9.17) is 9.47 Å². The lowest BCUT2D eigenvalue weighted by Gasteiger charge is -2.21. The van der Waals surface area contributed by atoms with Gasteiger partial charge >= 0.3 is 12.1 Å². The lowest BCUT2D eigenvalue weighted by Crippen LogP contribution is -2.42. The smallest absolute Gasteiger partial charge is 0.411 e. The fourth-order valence-corrected chi connectivity index (χ4v) is 2.04. The molecule has 1 aliphatic heterocycles. The molecule has 0 aromatic heterocycles. The SMILES string of the molecule is C=C[C@@H]1OC(=O)N(Cc2ccccc2)[C@H]1C(=O)OC. The second kappa shape index (κ2) is 5.56. The van der Waals surface area contributed by atoms with Gasteiger partial charge in [0.25, 0.3) is 0 Å². The largest absolute Gasteiger partial charge is 0.467 e. The predicted octanol–water partition coefficient (Wildman–Crippen LogP) is 1.74. The minimum Gasteiger partial charge on any atom is -0.467 e. The van der Waals surface area contributed by atoms with Gasteiger partial charge in [-0.15, -0.1) is 0 Å². The Hall–Kier alpha value is -2.30. The van der Waals surface area contributed by atoms with Crippen LogP contribution < -0.4 is 0 Å². The molecule has 19 heavy (non-hydrogen) atoms. The first-order valence-corrected chi connectivity index (χ1v) is 5.89. The molecule has 1 aliphatic rings. The van der Waals surface area contributed by atoms with Gasteiger partial charge in [0, 0.05) is 0 Å². The van der Waals surface area contributed by atoms with Crippen molar-refractivity contribution in [1.29, 1.82) is 0 Å². The average Bonchev–Trinajstić information content (AvgIpc) is 2.76. The second-order valence-electron chi connectivity index (χ2n) is 4.17. The molecule has 1 aromatic rings. The fourth-order valence-electron chi connectivity index (χ4n) is 2.04. The van der Waals surface area contributed by atoms with E-state index in [1.165, 1.54) is 18.1 Å². The Morgan fingerprint density at radius 1 is 1.47 bits per heavy atom. The van der Waals surface area contributed by atoms with E-state index in [2.05, 4.69) is 6.58 Å². The zero-order chi connectivity index (χ0) is 13.8. The molecule has 0 spiro atoms. The summed E-state index contributed by atoms with van der Waals surface area (Å²) in [6.07, 6.45) is 0.220. The number of rotatable bonds is 4. The van der Waals surface area contributed by atoms with Gasteiger partial charge < -0.3 is 9.47 Å². The highest BCUT2D eigenvalue weighted by molar-refractivity contribution is 5.85. The monoisotopic (exact) mass is 261 g/mol. The molecular weight excluding hydrogens is 246 g/mol. The minimum absolute atomic E-state index is 0.295. The molecule has 1 amide bonds. The van der Waals surface area contributed by atoms with Crippen LogP contribution in [-0.2, 0) is 20.8 Å². The molecule has 1 aromatic carbocycles. The van der Waals surface area contributed by atoms with E-state index >= 15 is 0 Å². The Morgan fingerprint density at radius 2 is 2.16 bits per heavy atom. The third-order valence-electron chi connectivity index (χ3n) is 2.99. The van der Waals surface area contributed by atoms with Gasteiger partial charge in [-0.3, -0.25) is 4.90 Å². The molecular formula is C14H15NO4. The third kappa shape index (κ3) is 2.59. The van der Waals surface area contributed by atoms with Crippen LogP contribution in [0.15, 0.2) is 43.0 Å². The van der Waals surface area contributed by atoms with E-state index < -0.39 is 24.2 Å². The predicted molar refractivity (Wildman–Crippen MR) is 68.3 cm³/mol. The standard InChI is InChI=1S/C14H15NO4/c1-3-11-12(13(16)18-2)15(14(17)19-11)9-10-7-5-4-6-8-10/h3-8,11-12H,1,9H2,2H3/t11-,12+/m0/s1. The van der Waals surface area contributed by atoms with Crippen LogP contribution in [0.1, 0.15) is 5.56 Å². The van der Waals surface area contributed by atoms with Crippen LogP contribution >= 0.6 is 0 Å². The highest BCUT2D eigenvalue weighted by Crippen LogP contribution is 2.23. The number of carbonyl (C=O) groups is 2. The topological polar surface area (TPSA) is 55.8 Å². The maximum absolute atomic E-state index is 11.8. The van der Waals surface area contributed by atoms with Crippen LogP contribution in [0, 0.1) is 0 Å². The third-order valence-corrected chi connectivity index (χ3v) is 2.99. The van der Waals surface area contributed by atoms with Crippen molar-refractivity contribution >= 4 is 12.1 Å². The molecule has 100 valence electrons. The van der Waals surface area contributed by atoms with Crippen LogP contribution in [-0.4, -0.2) is 36.2 Å². The first kappa shape index (κ1) is 13.1.